The average Bonchev–Trinajstić information content (AvgIpc) is 3.04. The van der Waals surface area contributed by atoms with E-state index in [2.05, 4.69) is 0 Å². The molecular formula is C36H88O8. The van der Waals surface area contributed by atoms with Crippen molar-refractivity contribution in [3.63, 3.8) is 0 Å². The molecule has 0 aromatic heterocycles. The molecule has 0 amide bonds. The van der Waals surface area contributed by atoms with E-state index < -0.39 is 0 Å². The Bertz CT molecular complexity index is 216. The molecule has 6 saturated carbocycles. The van der Waals surface area contributed by atoms with Crippen molar-refractivity contribution < 1.29 is 43.8 Å². The van der Waals surface area contributed by atoms with Crippen LogP contribution in [0.1, 0.15) is 231 Å². The van der Waals surface area contributed by atoms with Crippen LogP contribution in [0, 0.1) is 0 Å². The predicted octanol–water partition coefficient (Wildman–Crippen LogP) is 7.45. The summed E-state index contributed by atoms with van der Waals surface area (Å²) in [6.45, 7) is 0. The Kier molecular flexibility index (Phi) is 82.7. The molecule has 0 atom stereocenters. The third-order valence-corrected chi connectivity index (χ3v) is 9.00. The van der Waals surface area contributed by atoms with Crippen LogP contribution in [0.15, 0.2) is 0 Å². The largest absolute Gasteiger partial charge is 0.412 e. The minimum Gasteiger partial charge on any atom is -0.412 e. The fraction of sp³-hybridized carbons (Fsp3) is 1.00. The molecule has 6 aliphatic carbocycles. The maximum absolute atomic E-state index is 1.50. The van der Waals surface area contributed by atoms with Crippen LogP contribution in [0.2, 0.25) is 0 Å². The summed E-state index contributed by atoms with van der Waals surface area (Å²) in [5.41, 5.74) is 0. The van der Waals surface area contributed by atoms with Crippen LogP contribution in [0.5, 0.6) is 0 Å². The molecular weight excluding hydrogens is 560 g/mol. The van der Waals surface area contributed by atoms with E-state index in [1.165, 1.54) is 231 Å². The van der Waals surface area contributed by atoms with Crippen molar-refractivity contribution in [3.05, 3.63) is 0 Å². The van der Waals surface area contributed by atoms with Gasteiger partial charge >= 0.3 is 0 Å². The van der Waals surface area contributed by atoms with Crippen LogP contribution in [-0.2, 0) is 0 Å². The van der Waals surface area contributed by atoms with Crippen molar-refractivity contribution in [2.45, 2.75) is 231 Å². The standard InChI is InChI=1S/6C6H12.8H2O/c6*1-2-4-6-5-3-1;;;;;;;;/h6*1-6H2;8*1H2. The first-order chi connectivity index (χ1) is 18.0. The van der Waals surface area contributed by atoms with Crippen LogP contribution in [0.4, 0.5) is 0 Å². The molecule has 6 fully saturated rings. The molecule has 280 valence electrons. The van der Waals surface area contributed by atoms with Crippen molar-refractivity contribution in [1.29, 1.82) is 0 Å². The number of hydrogen-bond acceptors (Lipinski definition) is 0. The predicted molar refractivity (Wildman–Crippen MR) is 195 cm³/mol. The zero-order chi connectivity index (χ0) is 25.5. The second-order valence-electron chi connectivity index (χ2n) is 12.7. The van der Waals surface area contributed by atoms with Crippen molar-refractivity contribution in [2.75, 3.05) is 0 Å². The van der Waals surface area contributed by atoms with Gasteiger partial charge in [0.15, 0.2) is 0 Å². The summed E-state index contributed by atoms with van der Waals surface area (Å²) in [5.74, 6) is 0. The molecule has 8 nitrogen and oxygen atoms in total. The van der Waals surface area contributed by atoms with Crippen molar-refractivity contribution in [1.82, 2.24) is 0 Å². The Morgan fingerprint density at radius 2 is 0.0909 bits per heavy atom. The zero-order valence-electron chi connectivity index (χ0n) is 29.5. The maximum atomic E-state index is 1.50. The molecule has 0 aromatic carbocycles. The first-order valence-corrected chi connectivity index (χ1v) is 18.0. The first-order valence-electron chi connectivity index (χ1n) is 18.0. The summed E-state index contributed by atoms with van der Waals surface area (Å²) in [6.07, 6.45) is 54.0. The maximum Gasteiger partial charge on any atom is -0.0533 e. The van der Waals surface area contributed by atoms with Crippen molar-refractivity contribution >= 4 is 0 Å². The van der Waals surface area contributed by atoms with Gasteiger partial charge in [-0.05, 0) is 0 Å². The zero-order valence-corrected chi connectivity index (χ0v) is 29.5. The van der Waals surface area contributed by atoms with Crippen LogP contribution >= 0.6 is 0 Å². The van der Waals surface area contributed by atoms with Gasteiger partial charge in [0.2, 0.25) is 0 Å². The Balaban J connectivity index is -0.0000000568. The van der Waals surface area contributed by atoms with Crippen LogP contribution < -0.4 is 0 Å². The molecule has 0 spiro atoms. The average molecular weight is 649 g/mol. The van der Waals surface area contributed by atoms with Crippen molar-refractivity contribution in [3.8, 4) is 0 Å². The Morgan fingerprint density at radius 3 is 0.114 bits per heavy atom. The SMILES string of the molecule is C1CCCCC1.C1CCCCC1.C1CCCCC1.C1CCCCC1.C1CCCCC1.C1CCCCC1.O.O.O.O.O.O.O.O. The second-order valence-corrected chi connectivity index (χ2v) is 12.7. The van der Waals surface area contributed by atoms with E-state index in [-0.39, 0.29) is 43.8 Å². The molecule has 0 aliphatic heterocycles. The Hall–Kier alpha value is -0.320. The molecule has 0 aromatic rings. The molecule has 0 unspecified atom stereocenters. The highest BCUT2D eigenvalue weighted by Gasteiger charge is 1.98. The van der Waals surface area contributed by atoms with E-state index in [0.717, 1.165) is 0 Å². The van der Waals surface area contributed by atoms with Gasteiger partial charge in [-0.25, -0.2) is 0 Å². The molecule has 16 N–H and O–H groups in total. The third kappa shape index (κ3) is 54.2. The van der Waals surface area contributed by atoms with Gasteiger partial charge in [-0.2, -0.15) is 0 Å². The number of hydrogen-bond donors (Lipinski definition) is 0. The van der Waals surface area contributed by atoms with E-state index >= 15 is 0 Å². The van der Waals surface area contributed by atoms with Crippen LogP contribution in [-0.4, -0.2) is 43.8 Å². The summed E-state index contributed by atoms with van der Waals surface area (Å²) >= 11 is 0. The lowest BCUT2D eigenvalue weighted by Crippen LogP contribution is -1.85. The third-order valence-electron chi connectivity index (χ3n) is 9.00. The second kappa shape index (κ2) is 58.2. The van der Waals surface area contributed by atoms with Gasteiger partial charge in [0.05, 0.1) is 0 Å². The van der Waals surface area contributed by atoms with Gasteiger partial charge in [-0.1, -0.05) is 231 Å². The lowest BCUT2D eigenvalue weighted by Gasteiger charge is -2.05. The van der Waals surface area contributed by atoms with Gasteiger partial charge in [-0.3, -0.25) is 0 Å². The smallest absolute Gasteiger partial charge is 0.0533 e. The van der Waals surface area contributed by atoms with Gasteiger partial charge in [-0.15, -0.1) is 0 Å². The minimum absolute atomic E-state index is 0. The van der Waals surface area contributed by atoms with Gasteiger partial charge in [0.25, 0.3) is 0 Å². The highest BCUT2D eigenvalue weighted by Crippen LogP contribution is 2.18. The number of rotatable bonds is 0. The fourth-order valence-electron chi connectivity index (χ4n) is 6.36. The van der Waals surface area contributed by atoms with Crippen LogP contribution in [0.25, 0.3) is 0 Å². The molecule has 6 rings (SSSR count). The molecule has 0 radical (unpaired) electrons. The van der Waals surface area contributed by atoms with E-state index in [4.69, 9.17) is 0 Å². The molecule has 44 heavy (non-hydrogen) atoms. The van der Waals surface area contributed by atoms with Gasteiger partial charge in [0.1, 0.15) is 0 Å². The molecule has 0 saturated heterocycles. The lowest BCUT2D eigenvalue weighted by molar-refractivity contribution is 0.504. The molecule has 6 aliphatic rings. The first kappa shape index (κ1) is 62.5. The minimum atomic E-state index is 0. The Morgan fingerprint density at radius 1 is 0.0682 bits per heavy atom. The highest BCUT2D eigenvalue weighted by molar-refractivity contribution is 4.54. The quantitative estimate of drug-likeness (QED) is 0.248. The topological polar surface area (TPSA) is 252 Å². The van der Waals surface area contributed by atoms with Crippen LogP contribution in [0.3, 0.4) is 0 Å². The van der Waals surface area contributed by atoms with E-state index in [0.29, 0.717) is 0 Å². The lowest BCUT2D eigenvalue weighted by atomic mass is 10.0. The summed E-state index contributed by atoms with van der Waals surface area (Å²) in [7, 11) is 0. The summed E-state index contributed by atoms with van der Waals surface area (Å²) in [5, 5.41) is 0. The van der Waals surface area contributed by atoms with E-state index in [1.807, 2.05) is 0 Å². The molecule has 0 bridgehead atoms. The van der Waals surface area contributed by atoms with Gasteiger partial charge in [0, 0.05) is 0 Å². The monoisotopic (exact) mass is 649 g/mol. The van der Waals surface area contributed by atoms with Crippen molar-refractivity contribution in [2.24, 2.45) is 0 Å². The summed E-state index contributed by atoms with van der Waals surface area (Å²) in [4.78, 5) is 0. The summed E-state index contributed by atoms with van der Waals surface area (Å²) < 4.78 is 0. The Labute approximate surface area is 274 Å². The molecule has 0 heterocycles. The fourth-order valence-corrected chi connectivity index (χ4v) is 6.36. The van der Waals surface area contributed by atoms with E-state index in [9.17, 15) is 0 Å². The van der Waals surface area contributed by atoms with E-state index in [1.54, 1.807) is 0 Å². The van der Waals surface area contributed by atoms with Gasteiger partial charge < -0.3 is 43.8 Å². The summed E-state index contributed by atoms with van der Waals surface area (Å²) in [6, 6.07) is 0. The highest BCUT2D eigenvalue weighted by atomic mass is 16.0. The normalized spacial score (nSPS) is 19.6. The molecule has 8 heteroatoms.